The normalized spacial score (nSPS) is 27.8. The summed E-state index contributed by atoms with van der Waals surface area (Å²) in [5.41, 5.74) is 0. The summed E-state index contributed by atoms with van der Waals surface area (Å²) in [5, 5.41) is 0. The van der Waals surface area contributed by atoms with Gasteiger partial charge in [-0.25, -0.2) is 0 Å². The molecule has 0 aromatic rings. The number of nitrogens with zero attached hydrogens (tertiary/aromatic N) is 1. The van der Waals surface area contributed by atoms with Gasteiger partial charge in [0.1, 0.15) is 0 Å². The Bertz CT molecular complexity index is 168. The van der Waals surface area contributed by atoms with Crippen molar-refractivity contribution in [3.8, 4) is 0 Å². The molecule has 49 valence electrons. The van der Waals surface area contributed by atoms with E-state index >= 15 is 0 Å². The van der Waals surface area contributed by atoms with Crippen LogP contribution in [0.25, 0.3) is 0 Å². The van der Waals surface area contributed by atoms with Crippen LogP contribution in [0.5, 0.6) is 0 Å². The molecule has 4 heteroatoms. The summed E-state index contributed by atoms with van der Waals surface area (Å²) in [4.78, 5) is 22.4. The number of rotatable bonds is 0. The van der Waals surface area contributed by atoms with Crippen LogP contribution in [-0.4, -0.2) is 39.8 Å². The molecule has 2 amide bonds. The molecule has 0 bridgehead atoms. The van der Waals surface area contributed by atoms with Crippen LogP contribution in [0.4, 0.5) is 0 Å². The molecule has 0 aliphatic carbocycles. The molecule has 1 fully saturated rings. The van der Waals surface area contributed by atoms with Gasteiger partial charge >= 0.3 is 60.6 Å². The van der Waals surface area contributed by atoms with Crippen LogP contribution in [0.3, 0.4) is 0 Å². The third-order valence-electron chi connectivity index (χ3n) is 1.34. The number of hydrogen-bond acceptors (Lipinski definition) is 2. The van der Waals surface area contributed by atoms with Crippen LogP contribution in [0.2, 0.25) is 4.82 Å². The van der Waals surface area contributed by atoms with E-state index in [1.165, 1.54) is 7.05 Å². The molecule has 9 heavy (non-hydrogen) atoms. The van der Waals surface area contributed by atoms with Crippen LogP contribution in [0.15, 0.2) is 0 Å². The van der Waals surface area contributed by atoms with Gasteiger partial charge in [-0.15, -0.1) is 0 Å². The van der Waals surface area contributed by atoms with E-state index in [0.29, 0.717) is 6.42 Å². The van der Waals surface area contributed by atoms with Crippen LogP contribution < -0.4 is 0 Å². The summed E-state index contributed by atoms with van der Waals surface area (Å²) in [6.07, 6.45) is 0.329. The average Bonchev–Trinajstić information content (AvgIpc) is 1.98. The van der Waals surface area contributed by atoms with E-state index in [1.807, 2.05) is 0 Å². The van der Waals surface area contributed by atoms with Gasteiger partial charge in [0, 0.05) is 0 Å². The first-order valence-electron chi connectivity index (χ1n) is 2.59. The van der Waals surface area contributed by atoms with Crippen molar-refractivity contribution in [3.05, 3.63) is 0 Å². The molecule has 1 saturated heterocycles. The van der Waals surface area contributed by atoms with E-state index in [2.05, 4.69) is 16.0 Å². The van der Waals surface area contributed by atoms with Crippen LogP contribution in [0, 0.1) is 0 Å². The summed E-state index contributed by atoms with van der Waals surface area (Å²) in [7, 11) is 1.50. The fraction of sp³-hybridized carbons (Fsp3) is 0.600. The monoisotopic (exact) mass is 192 g/mol. The summed E-state index contributed by atoms with van der Waals surface area (Å²) < 4.78 is 0. The van der Waals surface area contributed by atoms with E-state index in [0.717, 1.165) is 4.90 Å². The van der Waals surface area contributed by atoms with Crippen LogP contribution >= 0.6 is 0 Å². The minimum atomic E-state index is -0.220. The van der Waals surface area contributed by atoms with Crippen LogP contribution in [-0.2, 0) is 9.59 Å². The van der Waals surface area contributed by atoms with E-state index in [4.69, 9.17) is 0 Å². The van der Waals surface area contributed by atoms with Crippen molar-refractivity contribution < 1.29 is 9.59 Å². The first kappa shape index (κ1) is 6.77. The molecule has 1 aliphatic rings. The van der Waals surface area contributed by atoms with E-state index in [1.54, 1.807) is 0 Å². The molecule has 0 aromatic carbocycles. The van der Waals surface area contributed by atoms with Gasteiger partial charge in [0.05, 0.1) is 0 Å². The van der Waals surface area contributed by atoms with Crippen LogP contribution in [0.1, 0.15) is 6.42 Å². The summed E-state index contributed by atoms with van der Waals surface area (Å²) in [6, 6.07) is 0. The summed E-state index contributed by atoms with van der Waals surface area (Å²) in [6.45, 7) is 0. The average molecular weight is 191 g/mol. The Hall–Kier alpha value is -0.341. The van der Waals surface area contributed by atoms with Gasteiger partial charge in [0.2, 0.25) is 0 Å². The fourth-order valence-corrected chi connectivity index (χ4v) is 1.35. The topological polar surface area (TPSA) is 37.4 Å². The van der Waals surface area contributed by atoms with E-state index in [-0.39, 0.29) is 16.6 Å². The van der Waals surface area contributed by atoms with Crippen molar-refractivity contribution in [2.24, 2.45) is 0 Å². The number of carbonyl (C=O) groups excluding carboxylic acids is 2. The zero-order valence-electron chi connectivity index (χ0n) is 4.96. The van der Waals surface area contributed by atoms with E-state index in [9.17, 15) is 9.59 Å². The molecule has 1 heterocycles. The molecule has 0 N–H and O–H groups in total. The number of imide groups is 1. The molecule has 1 rings (SSSR count). The van der Waals surface area contributed by atoms with Crippen molar-refractivity contribution in [2.75, 3.05) is 7.05 Å². The molecular weight excluding hydrogens is 185 g/mol. The van der Waals surface area contributed by atoms with Crippen molar-refractivity contribution in [3.63, 3.8) is 0 Å². The Morgan fingerprint density at radius 1 is 1.67 bits per heavy atom. The zero-order chi connectivity index (χ0) is 7.02. The second-order valence-corrected chi connectivity index (χ2v) is 3.18. The van der Waals surface area contributed by atoms with E-state index < -0.39 is 0 Å². The van der Waals surface area contributed by atoms with Gasteiger partial charge in [-0.2, -0.15) is 0 Å². The Kier molecular flexibility index (Phi) is 1.60. The van der Waals surface area contributed by atoms with Gasteiger partial charge in [0.15, 0.2) is 0 Å². The quantitative estimate of drug-likeness (QED) is 0.376. The van der Waals surface area contributed by atoms with Gasteiger partial charge in [-0.3, -0.25) is 0 Å². The number of hydrogen-bond donors (Lipinski definition) is 0. The molecule has 1 aliphatic heterocycles. The Morgan fingerprint density at radius 3 is 2.33 bits per heavy atom. The first-order chi connectivity index (χ1) is 4.13. The SMILES string of the molecule is CN1C(=O)CC([Se])C1=O. The van der Waals surface area contributed by atoms with Crippen molar-refractivity contribution in [1.29, 1.82) is 0 Å². The maximum atomic E-state index is 10.8. The molecular formula is C5H6NO2Se. The molecule has 0 aromatic heterocycles. The van der Waals surface area contributed by atoms with Gasteiger partial charge in [0.25, 0.3) is 0 Å². The summed E-state index contributed by atoms with van der Waals surface area (Å²) in [5.74, 6) is -0.205. The molecule has 1 atom stereocenters. The molecule has 3 nitrogen and oxygen atoms in total. The minimum absolute atomic E-state index is 0.0937. The predicted molar refractivity (Wildman–Crippen MR) is 31.9 cm³/mol. The number of likely N-dealkylation sites (tertiary alicyclic amines) is 1. The molecule has 0 spiro atoms. The number of amides is 2. The summed E-state index contributed by atoms with van der Waals surface area (Å²) >= 11 is 2.64. The van der Waals surface area contributed by atoms with Crippen molar-refractivity contribution in [1.82, 2.24) is 4.90 Å². The zero-order valence-corrected chi connectivity index (χ0v) is 6.67. The fourth-order valence-electron chi connectivity index (χ4n) is 0.722. The molecule has 1 unspecified atom stereocenters. The maximum absolute atomic E-state index is 10.8. The first-order valence-corrected chi connectivity index (χ1v) is 3.58. The number of carbonyl (C=O) groups is 2. The molecule has 0 saturated carbocycles. The van der Waals surface area contributed by atoms with Crippen molar-refractivity contribution in [2.45, 2.75) is 11.2 Å². The van der Waals surface area contributed by atoms with Gasteiger partial charge < -0.3 is 0 Å². The third-order valence-corrected chi connectivity index (χ3v) is 2.11. The second kappa shape index (κ2) is 2.12. The van der Waals surface area contributed by atoms with Crippen molar-refractivity contribution >= 4 is 27.8 Å². The van der Waals surface area contributed by atoms with Gasteiger partial charge in [-0.05, 0) is 0 Å². The standard InChI is InChI=1S/C5H6NO2Se/c1-6-4(7)2-3(9)5(6)8/h3H,2H2,1H3. The second-order valence-electron chi connectivity index (χ2n) is 1.98. The Labute approximate surface area is 61.2 Å². The van der Waals surface area contributed by atoms with Gasteiger partial charge in [-0.1, -0.05) is 0 Å². The Morgan fingerprint density at radius 2 is 2.22 bits per heavy atom. The Balaban J connectivity index is 2.77. The molecule has 1 radical (unpaired) electrons. The third kappa shape index (κ3) is 1.00. The predicted octanol–water partition coefficient (Wildman–Crippen LogP) is -0.668.